The van der Waals surface area contributed by atoms with Crippen molar-refractivity contribution in [2.45, 2.75) is 6.54 Å². The van der Waals surface area contributed by atoms with Crippen LogP contribution in [0.2, 0.25) is 0 Å². The first-order valence-corrected chi connectivity index (χ1v) is 7.16. The molecule has 1 aliphatic rings. The van der Waals surface area contributed by atoms with Crippen LogP contribution in [0.25, 0.3) is 0 Å². The molecule has 1 fully saturated rings. The predicted octanol–water partition coefficient (Wildman–Crippen LogP) is 2.01. The van der Waals surface area contributed by atoms with Crippen LogP contribution < -0.4 is 15.5 Å². The summed E-state index contributed by atoms with van der Waals surface area (Å²) in [5, 5.41) is 0. The van der Waals surface area contributed by atoms with Crippen LogP contribution in [0.15, 0.2) is 42.7 Å². The van der Waals surface area contributed by atoms with Crippen molar-refractivity contribution in [2.24, 2.45) is 5.73 Å². The van der Waals surface area contributed by atoms with Gasteiger partial charge in [-0.1, -0.05) is 0 Å². The van der Waals surface area contributed by atoms with E-state index in [-0.39, 0.29) is 5.82 Å². The van der Waals surface area contributed by atoms with Crippen LogP contribution in [-0.2, 0) is 6.54 Å². The summed E-state index contributed by atoms with van der Waals surface area (Å²) in [4.78, 5) is 8.74. The van der Waals surface area contributed by atoms with E-state index in [1.165, 1.54) is 17.8 Å². The standard InChI is InChI=1S/C16H19FN4/c17-14-1-3-15(4-2-14)20-7-9-21(10-8-20)16-5-6-19-12-13(16)11-18/h1-6,12H,7-11,18H2. The number of pyridine rings is 1. The Morgan fingerprint density at radius 2 is 1.67 bits per heavy atom. The Labute approximate surface area is 124 Å². The summed E-state index contributed by atoms with van der Waals surface area (Å²) in [6.07, 6.45) is 3.64. The van der Waals surface area contributed by atoms with Crippen molar-refractivity contribution in [2.75, 3.05) is 36.0 Å². The van der Waals surface area contributed by atoms with Crippen molar-refractivity contribution < 1.29 is 4.39 Å². The number of hydrogen-bond acceptors (Lipinski definition) is 4. The van der Waals surface area contributed by atoms with Gasteiger partial charge in [0.2, 0.25) is 0 Å². The smallest absolute Gasteiger partial charge is 0.123 e. The minimum atomic E-state index is -0.193. The summed E-state index contributed by atoms with van der Waals surface area (Å²) in [5.74, 6) is -0.193. The molecule has 1 saturated heterocycles. The third kappa shape index (κ3) is 2.97. The van der Waals surface area contributed by atoms with E-state index < -0.39 is 0 Å². The second-order valence-electron chi connectivity index (χ2n) is 5.16. The van der Waals surface area contributed by atoms with Gasteiger partial charge in [0, 0.05) is 62.1 Å². The van der Waals surface area contributed by atoms with Gasteiger partial charge in [0.05, 0.1) is 0 Å². The number of nitrogens with zero attached hydrogens (tertiary/aromatic N) is 3. The van der Waals surface area contributed by atoms with Crippen molar-refractivity contribution in [3.63, 3.8) is 0 Å². The van der Waals surface area contributed by atoms with Crippen LogP contribution in [0.1, 0.15) is 5.56 Å². The number of anilines is 2. The number of piperazine rings is 1. The zero-order valence-electron chi connectivity index (χ0n) is 11.9. The zero-order valence-corrected chi connectivity index (χ0v) is 11.9. The summed E-state index contributed by atoms with van der Waals surface area (Å²) < 4.78 is 13.0. The molecule has 0 atom stereocenters. The van der Waals surface area contributed by atoms with Gasteiger partial charge in [0.1, 0.15) is 5.82 Å². The van der Waals surface area contributed by atoms with Gasteiger partial charge in [-0.2, -0.15) is 0 Å². The molecule has 1 aromatic carbocycles. The van der Waals surface area contributed by atoms with Gasteiger partial charge >= 0.3 is 0 Å². The maximum Gasteiger partial charge on any atom is 0.123 e. The molecule has 0 aliphatic carbocycles. The topological polar surface area (TPSA) is 45.4 Å². The molecule has 0 radical (unpaired) electrons. The number of aromatic nitrogens is 1. The number of hydrogen-bond donors (Lipinski definition) is 1. The first-order valence-electron chi connectivity index (χ1n) is 7.16. The molecular formula is C16H19FN4. The van der Waals surface area contributed by atoms with Gasteiger partial charge in [-0.05, 0) is 30.3 Å². The van der Waals surface area contributed by atoms with Crippen molar-refractivity contribution in [3.05, 3.63) is 54.1 Å². The van der Waals surface area contributed by atoms with Crippen LogP contribution in [-0.4, -0.2) is 31.2 Å². The van der Waals surface area contributed by atoms with Crippen molar-refractivity contribution >= 4 is 11.4 Å². The van der Waals surface area contributed by atoms with E-state index in [1.54, 1.807) is 6.20 Å². The molecule has 0 spiro atoms. The van der Waals surface area contributed by atoms with E-state index in [4.69, 9.17) is 5.73 Å². The average molecular weight is 286 g/mol. The lowest BCUT2D eigenvalue weighted by molar-refractivity contribution is 0.624. The maximum atomic E-state index is 13.0. The van der Waals surface area contributed by atoms with E-state index in [0.717, 1.165) is 37.4 Å². The molecule has 2 aromatic rings. The summed E-state index contributed by atoms with van der Waals surface area (Å²) in [5.41, 5.74) is 9.10. The fourth-order valence-corrected chi connectivity index (χ4v) is 2.74. The van der Waals surface area contributed by atoms with Crippen LogP contribution in [0, 0.1) is 5.82 Å². The molecule has 0 amide bonds. The Morgan fingerprint density at radius 1 is 1.00 bits per heavy atom. The zero-order chi connectivity index (χ0) is 14.7. The molecule has 2 N–H and O–H groups in total. The van der Waals surface area contributed by atoms with Crippen molar-refractivity contribution in [1.29, 1.82) is 0 Å². The lowest BCUT2D eigenvalue weighted by Crippen LogP contribution is -2.46. The van der Waals surface area contributed by atoms with E-state index >= 15 is 0 Å². The highest BCUT2D eigenvalue weighted by Gasteiger charge is 2.19. The Hall–Kier alpha value is -2.14. The first kappa shape index (κ1) is 13.8. The molecule has 4 nitrogen and oxygen atoms in total. The van der Waals surface area contributed by atoms with E-state index in [2.05, 4.69) is 14.8 Å². The number of benzene rings is 1. The lowest BCUT2D eigenvalue weighted by atomic mass is 10.1. The molecule has 0 unspecified atom stereocenters. The van der Waals surface area contributed by atoms with Gasteiger partial charge in [-0.25, -0.2) is 4.39 Å². The molecular weight excluding hydrogens is 267 g/mol. The van der Waals surface area contributed by atoms with Gasteiger partial charge in [-0.15, -0.1) is 0 Å². The molecule has 5 heteroatoms. The Balaban J connectivity index is 1.69. The Kier molecular flexibility index (Phi) is 4.01. The minimum absolute atomic E-state index is 0.193. The second-order valence-corrected chi connectivity index (χ2v) is 5.16. The molecule has 2 heterocycles. The number of nitrogens with two attached hydrogens (primary N) is 1. The molecule has 0 bridgehead atoms. The largest absolute Gasteiger partial charge is 0.368 e. The SMILES string of the molecule is NCc1cnccc1N1CCN(c2ccc(F)cc2)CC1. The summed E-state index contributed by atoms with van der Waals surface area (Å²) in [7, 11) is 0. The quantitative estimate of drug-likeness (QED) is 0.937. The number of halogens is 1. The van der Waals surface area contributed by atoms with E-state index in [9.17, 15) is 4.39 Å². The molecule has 1 aromatic heterocycles. The molecule has 3 rings (SSSR count). The van der Waals surface area contributed by atoms with Crippen LogP contribution in [0.4, 0.5) is 15.8 Å². The Morgan fingerprint density at radius 3 is 2.33 bits per heavy atom. The molecule has 1 aliphatic heterocycles. The highest BCUT2D eigenvalue weighted by Crippen LogP contribution is 2.23. The third-order valence-corrected chi connectivity index (χ3v) is 3.91. The maximum absolute atomic E-state index is 13.0. The van der Waals surface area contributed by atoms with E-state index in [0.29, 0.717) is 6.54 Å². The fraction of sp³-hybridized carbons (Fsp3) is 0.312. The molecule has 110 valence electrons. The molecule has 21 heavy (non-hydrogen) atoms. The van der Waals surface area contributed by atoms with Gasteiger partial charge in [-0.3, -0.25) is 4.98 Å². The van der Waals surface area contributed by atoms with Gasteiger partial charge in [0.25, 0.3) is 0 Å². The van der Waals surface area contributed by atoms with Gasteiger partial charge in [0.15, 0.2) is 0 Å². The summed E-state index contributed by atoms with van der Waals surface area (Å²) in [6.45, 7) is 4.18. The third-order valence-electron chi connectivity index (χ3n) is 3.91. The highest BCUT2D eigenvalue weighted by molar-refractivity contribution is 5.55. The highest BCUT2D eigenvalue weighted by atomic mass is 19.1. The van der Waals surface area contributed by atoms with Crippen LogP contribution >= 0.6 is 0 Å². The van der Waals surface area contributed by atoms with Crippen LogP contribution in [0.3, 0.4) is 0 Å². The lowest BCUT2D eigenvalue weighted by Gasteiger charge is -2.38. The number of rotatable bonds is 3. The summed E-state index contributed by atoms with van der Waals surface area (Å²) >= 11 is 0. The van der Waals surface area contributed by atoms with E-state index in [1.807, 2.05) is 24.4 Å². The normalized spacial score (nSPS) is 15.3. The van der Waals surface area contributed by atoms with Crippen LogP contribution in [0.5, 0.6) is 0 Å². The second kappa shape index (κ2) is 6.10. The fourth-order valence-electron chi connectivity index (χ4n) is 2.74. The minimum Gasteiger partial charge on any atom is -0.368 e. The van der Waals surface area contributed by atoms with Crippen molar-refractivity contribution in [1.82, 2.24) is 4.98 Å². The van der Waals surface area contributed by atoms with Gasteiger partial charge < -0.3 is 15.5 Å². The first-order chi connectivity index (χ1) is 10.3. The predicted molar refractivity (Wildman–Crippen MR) is 83.0 cm³/mol. The Bertz CT molecular complexity index is 591. The monoisotopic (exact) mass is 286 g/mol. The summed E-state index contributed by atoms with van der Waals surface area (Å²) in [6, 6.07) is 8.72. The van der Waals surface area contributed by atoms with Crippen molar-refractivity contribution in [3.8, 4) is 0 Å². The molecule has 0 saturated carbocycles. The average Bonchev–Trinajstić information content (AvgIpc) is 2.56.